The van der Waals surface area contributed by atoms with Crippen LogP contribution in [0.15, 0.2) is 41.1 Å². The summed E-state index contributed by atoms with van der Waals surface area (Å²) in [5, 5.41) is 13.9. The third-order valence-electron chi connectivity index (χ3n) is 4.04. The van der Waals surface area contributed by atoms with E-state index < -0.39 is 6.10 Å². The van der Waals surface area contributed by atoms with Crippen molar-refractivity contribution in [1.29, 1.82) is 0 Å². The normalized spacial score (nSPS) is 21.7. The Hall–Kier alpha value is -2.14. The Kier molecular flexibility index (Phi) is 3.75. The molecule has 110 valence electrons. The third-order valence-corrected chi connectivity index (χ3v) is 4.04. The van der Waals surface area contributed by atoms with Gasteiger partial charge in [-0.1, -0.05) is 35.5 Å². The minimum Gasteiger partial charge on any atom is -0.391 e. The van der Waals surface area contributed by atoms with Crippen LogP contribution in [-0.4, -0.2) is 39.8 Å². The number of carbonyl (C=O) groups excluding carboxylic acids is 1. The van der Waals surface area contributed by atoms with Crippen molar-refractivity contribution < 1.29 is 14.4 Å². The van der Waals surface area contributed by atoms with E-state index in [1.807, 2.05) is 30.3 Å². The first kappa shape index (κ1) is 13.8. The second-order valence-corrected chi connectivity index (χ2v) is 5.41. The van der Waals surface area contributed by atoms with E-state index in [9.17, 15) is 9.90 Å². The molecular formula is C16H18N2O3. The number of aryl methyl sites for hydroxylation is 1. The number of rotatable bonds is 3. The van der Waals surface area contributed by atoms with Crippen LogP contribution in [0.2, 0.25) is 0 Å². The Labute approximate surface area is 123 Å². The van der Waals surface area contributed by atoms with Gasteiger partial charge in [-0.3, -0.25) is 4.79 Å². The zero-order chi connectivity index (χ0) is 14.8. The monoisotopic (exact) mass is 286 g/mol. The number of likely N-dealkylation sites (tertiary alicyclic amines) is 1. The van der Waals surface area contributed by atoms with E-state index in [1.54, 1.807) is 11.8 Å². The quantitative estimate of drug-likeness (QED) is 0.934. The molecule has 1 aromatic heterocycles. The average Bonchev–Trinajstić information content (AvgIpc) is 3.07. The standard InChI is InChI=1S/C16H18N2O3/c1-11-13(10-17-21-11)16(20)18-8-7-15(19)14(18)9-12-5-3-2-4-6-12/h2-6,10,14-15,19H,7-9H2,1H3/t14-,15+/m0/s1. The molecule has 0 aliphatic carbocycles. The minimum atomic E-state index is -0.491. The van der Waals surface area contributed by atoms with Crippen LogP contribution in [0.25, 0.3) is 0 Å². The molecule has 1 aliphatic heterocycles. The lowest BCUT2D eigenvalue weighted by atomic mass is 10.0. The molecule has 1 amide bonds. The number of aliphatic hydroxyl groups is 1. The second kappa shape index (κ2) is 5.69. The largest absolute Gasteiger partial charge is 0.391 e. The molecular weight excluding hydrogens is 268 g/mol. The van der Waals surface area contributed by atoms with Crippen LogP contribution in [0.3, 0.4) is 0 Å². The van der Waals surface area contributed by atoms with Crippen molar-refractivity contribution in [2.75, 3.05) is 6.54 Å². The Morgan fingerprint density at radius 3 is 2.86 bits per heavy atom. The van der Waals surface area contributed by atoms with Crippen LogP contribution >= 0.6 is 0 Å². The molecule has 1 aromatic carbocycles. The summed E-state index contributed by atoms with van der Waals surface area (Å²) >= 11 is 0. The second-order valence-electron chi connectivity index (χ2n) is 5.41. The van der Waals surface area contributed by atoms with Gasteiger partial charge in [0.05, 0.1) is 18.3 Å². The lowest BCUT2D eigenvalue weighted by Crippen LogP contribution is -2.41. The lowest BCUT2D eigenvalue weighted by molar-refractivity contribution is 0.0638. The van der Waals surface area contributed by atoms with Gasteiger partial charge >= 0.3 is 0 Å². The number of hydrogen-bond acceptors (Lipinski definition) is 4. The highest BCUT2D eigenvalue weighted by Gasteiger charge is 2.37. The maximum Gasteiger partial charge on any atom is 0.259 e. The zero-order valence-electron chi connectivity index (χ0n) is 11.9. The first-order valence-corrected chi connectivity index (χ1v) is 7.11. The molecule has 5 heteroatoms. The number of nitrogens with zero attached hydrogens (tertiary/aromatic N) is 2. The van der Waals surface area contributed by atoms with Gasteiger partial charge in [0.15, 0.2) is 0 Å². The number of aliphatic hydroxyl groups excluding tert-OH is 1. The molecule has 1 saturated heterocycles. The Balaban J connectivity index is 1.81. The van der Waals surface area contributed by atoms with Gasteiger partial charge in [0.1, 0.15) is 11.3 Å². The fourth-order valence-corrected chi connectivity index (χ4v) is 2.85. The van der Waals surface area contributed by atoms with Crippen molar-refractivity contribution in [2.24, 2.45) is 0 Å². The highest BCUT2D eigenvalue weighted by Crippen LogP contribution is 2.24. The first-order valence-electron chi connectivity index (χ1n) is 7.11. The zero-order valence-corrected chi connectivity index (χ0v) is 11.9. The summed E-state index contributed by atoms with van der Waals surface area (Å²) in [6.07, 6.45) is 2.21. The van der Waals surface area contributed by atoms with Gasteiger partial charge in [-0.25, -0.2) is 0 Å². The number of amides is 1. The summed E-state index contributed by atoms with van der Waals surface area (Å²) in [7, 11) is 0. The molecule has 2 atom stereocenters. The van der Waals surface area contributed by atoms with Crippen molar-refractivity contribution in [3.8, 4) is 0 Å². The molecule has 5 nitrogen and oxygen atoms in total. The molecule has 21 heavy (non-hydrogen) atoms. The van der Waals surface area contributed by atoms with Gasteiger partial charge in [0.2, 0.25) is 0 Å². The van der Waals surface area contributed by atoms with Gasteiger partial charge < -0.3 is 14.5 Å². The van der Waals surface area contributed by atoms with Crippen LogP contribution in [0.4, 0.5) is 0 Å². The summed E-state index contributed by atoms with van der Waals surface area (Å²) in [5.74, 6) is 0.395. The molecule has 0 unspecified atom stereocenters. The van der Waals surface area contributed by atoms with Crippen molar-refractivity contribution in [3.05, 3.63) is 53.4 Å². The summed E-state index contributed by atoms with van der Waals surface area (Å²) in [5.41, 5.74) is 1.59. The van der Waals surface area contributed by atoms with E-state index in [1.165, 1.54) is 6.20 Å². The molecule has 3 rings (SSSR count). The van der Waals surface area contributed by atoms with E-state index in [-0.39, 0.29) is 11.9 Å². The topological polar surface area (TPSA) is 66.6 Å². The summed E-state index contributed by atoms with van der Waals surface area (Å²) in [4.78, 5) is 14.3. The SMILES string of the molecule is Cc1oncc1C(=O)N1CC[C@@H](O)[C@@H]1Cc1ccccc1. The molecule has 1 fully saturated rings. The van der Waals surface area contributed by atoms with E-state index >= 15 is 0 Å². The molecule has 2 aromatic rings. The molecule has 0 radical (unpaired) electrons. The van der Waals surface area contributed by atoms with E-state index in [2.05, 4.69) is 5.16 Å². The molecule has 0 spiro atoms. The fraction of sp³-hybridized carbons (Fsp3) is 0.375. The van der Waals surface area contributed by atoms with Crippen LogP contribution in [0.1, 0.15) is 28.1 Å². The van der Waals surface area contributed by atoms with Crippen LogP contribution < -0.4 is 0 Å². The van der Waals surface area contributed by atoms with E-state index in [0.29, 0.717) is 30.7 Å². The predicted molar refractivity (Wildman–Crippen MR) is 76.8 cm³/mol. The van der Waals surface area contributed by atoms with Crippen molar-refractivity contribution in [3.63, 3.8) is 0 Å². The lowest BCUT2D eigenvalue weighted by Gasteiger charge is -2.26. The molecule has 0 bridgehead atoms. The fourth-order valence-electron chi connectivity index (χ4n) is 2.85. The van der Waals surface area contributed by atoms with Crippen LogP contribution in [0, 0.1) is 6.92 Å². The molecule has 1 aliphatic rings. The highest BCUT2D eigenvalue weighted by molar-refractivity contribution is 5.95. The number of benzene rings is 1. The van der Waals surface area contributed by atoms with Gasteiger partial charge in [-0.15, -0.1) is 0 Å². The number of aromatic nitrogens is 1. The van der Waals surface area contributed by atoms with Gasteiger partial charge in [-0.2, -0.15) is 0 Å². The van der Waals surface area contributed by atoms with Gasteiger partial charge in [-0.05, 0) is 25.3 Å². The van der Waals surface area contributed by atoms with Crippen LogP contribution in [0.5, 0.6) is 0 Å². The maximum absolute atomic E-state index is 12.6. The predicted octanol–water partition coefficient (Wildman–Crippen LogP) is 1.80. The Bertz CT molecular complexity index is 623. The highest BCUT2D eigenvalue weighted by atomic mass is 16.5. The first-order chi connectivity index (χ1) is 10.2. The van der Waals surface area contributed by atoms with Crippen LogP contribution in [-0.2, 0) is 6.42 Å². The van der Waals surface area contributed by atoms with Crippen molar-refractivity contribution in [1.82, 2.24) is 10.1 Å². The Morgan fingerprint density at radius 1 is 1.43 bits per heavy atom. The number of hydrogen-bond donors (Lipinski definition) is 1. The van der Waals surface area contributed by atoms with E-state index in [0.717, 1.165) is 5.56 Å². The summed E-state index contributed by atoms with van der Waals surface area (Å²) < 4.78 is 4.97. The average molecular weight is 286 g/mol. The summed E-state index contributed by atoms with van der Waals surface area (Å²) in [6.45, 7) is 2.28. The van der Waals surface area contributed by atoms with Gasteiger partial charge in [0, 0.05) is 6.54 Å². The molecule has 0 saturated carbocycles. The minimum absolute atomic E-state index is 0.119. The smallest absolute Gasteiger partial charge is 0.259 e. The maximum atomic E-state index is 12.6. The number of carbonyl (C=O) groups is 1. The molecule has 2 heterocycles. The van der Waals surface area contributed by atoms with E-state index in [4.69, 9.17) is 4.52 Å². The van der Waals surface area contributed by atoms with Crippen molar-refractivity contribution in [2.45, 2.75) is 31.9 Å². The Morgan fingerprint density at radius 2 is 2.19 bits per heavy atom. The summed E-state index contributed by atoms with van der Waals surface area (Å²) in [6, 6.07) is 9.71. The molecule has 1 N–H and O–H groups in total. The van der Waals surface area contributed by atoms with Gasteiger partial charge in [0.25, 0.3) is 5.91 Å². The third kappa shape index (κ3) is 2.69. The van der Waals surface area contributed by atoms with Crippen molar-refractivity contribution >= 4 is 5.91 Å².